The predicted octanol–water partition coefficient (Wildman–Crippen LogP) is 2.81. The Hall–Kier alpha value is -2.84. The van der Waals surface area contributed by atoms with Crippen molar-refractivity contribution in [2.24, 2.45) is 5.92 Å². The Morgan fingerprint density at radius 3 is 2.10 bits per heavy atom. The van der Waals surface area contributed by atoms with Crippen molar-refractivity contribution < 1.29 is 37.0 Å². The zero-order valence-electron chi connectivity index (χ0n) is 16.3. The van der Waals surface area contributed by atoms with Crippen LogP contribution in [0.2, 0.25) is 0 Å². The molecule has 0 aromatic heterocycles. The first-order valence-corrected chi connectivity index (χ1v) is 9.07. The molecule has 1 atom stereocenters. The first kappa shape index (κ1) is 22.4. The van der Waals surface area contributed by atoms with Crippen LogP contribution < -0.4 is 5.32 Å². The Bertz CT molecular complexity index is 814. The van der Waals surface area contributed by atoms with Crippen LogP contribution in [0.3, 0.4) is 0 Å². The van der Waals surface area contributed by atoms with Gasteiger partial charge in [0.25, 0.3) is 5.54 Å². The van der Waals surface area contributed by atoms with Gasteiger partial charge in [-0.1, -0.05) is 30.3 Å². The maximum atomic E-state index is 14.4. The van der Waals surface area contributed by atoms with Crippen molar-refractivity contribution in [2.75, 3.05) is 13.2 Å². The average Bonchev–Trinajstić information content (AvgIpc) is 3.03. The van der Waals surface area contributed by atoms with Crippen LogP contribution in [0.4, 0.5) is 13.2 Å². The first-order chi connectivity index (χ1) is 13.6. The second kappa shape index (κ2) is 8.67. The molecule has 1 unspecified atom stereocenters. The van der Waals surface area contributed by atoms with E-state index in [4.69, 9.17) is 9.47 Å². The fourth-order valence-corrected chi connectivity index (χ4v) is 3.50. The SMILES string of the molecule is CCOC(=O)C(NC(C)=O)(C(=O)OCC)C(C1=CCc2ccccc21)C(F)(F)F. The van der Waals surface area contributed by atoms with E-state index in [1.165, 1.54) is 26.0 Å². The maximum Gasteiger partial charge on any atom is 0.399 e. The predicted molar refractivity (Wildman–Crippen MR) is 97.5 cm³/mol. The van der Waals surface area contributed by atoms with Crippen LogP contribution in [-0.2, 0) is 30.3 Å². The number of carbonyl (C=O) groups is 3. The van der Waals surface area contributed by atoms with Crippen molar-refractivity contribution in [3.05, 3.63) is 41.5 Å². The molecule has 1 aliphatic rings. The van der Waals surface area contributed by atoms with Gasteiger partial charge >= 0.3 is 18.1 Å². The normalized spacial score (nSPS) is 14.5. The first-order valence-electron chi connectivity index (χ1n) is 9.07. The number of hydrogen-bond donors (Lipinski definition) is 1. The average molecular weight is 413 g/mol. The summed E-state index contributed by atoms with van der Waals surface area (Å²) in [6.45, 7) is 3.10. The standard InChI is InChI=1S/C20H22F3NO5/c1-4-28-17(26)19(24-12(3)25,18(27)29-5-2)16(20(21,22)23)15-11-10-13-8-6-7-9-14(13)15/h6-9,11,16H,4-5,10H2,1-3H3,(H,24,25). The van der Waals surface area contributed by atoms with Gasteiger partial charge in [-0.15, -0.1) is 0 Å². The highest BCUT2D eigenvalue weighted by atomic mass is 19.4. The topological polar surface area (TPSA) is 81.7 Å². The van der Waals surface area contributed by atoms with Gasteiger partial charge in [0.2, 0.25) is 5.91 Å². The Morgan fingerprint density at radius 2 is 1.62 bits per heavy atom. The van der Waals surface area contributed by atoms with E-state index in [0.29, 0.717) is 5.56 Å². The van der Waals surface area contributed by atoms with Gasteiger partial charge in [-0.25, -0.2) is 9.59 Å². The highest BCUT2D eigenvalue weighted by Gasteiger charge is 2.66. The van der Waals surface area contributed by atoms with Crippen molar-refractivity contribution in [1.82, 2.24) is 5.32 Å². The molecule has 0 heterocycles. The molecule has 0 saturated carbocycles. The van der Waals surface area contributed by atoms with Crippen molar-refractivity contribution in [3.8, 4) is 0 Å². The number of hydrogen-bond acceptors (Lipinski definition) is 5. The van der Waals surface area contributed by atoms with Crippen LogP contribution >= 0.6 is 0 Å². The highest BCUT2D eigenvalue weighted by Crippen LogP contribution is 2.47. The molecular formula is C20H22F3NO5. The van der Waals surface area contributed by atoms with E-state index < -0.39 is 35.5 Å². The molecule has 0 fully saturated rings. The zero-order valence-corrected chi connectivity index (χ0v) is 16.3. The summed E-state index contributed by atoms with van der Waals surface area (Å²) in [7, 11) is 0. The number of alkyl halides is 3. The lowest BCUT2D eigenvalue weighted by Gasteiger charge is -2.38. The van der Waals surface area contributed by atoms with E-state index in [-0.39, 0.29) is 30.8 Å². The number of carbonyl (C=O) groups excluding carboxylic acids is 3. The monoisotopic (exact) mass is 413 g/mol. The number of ether oxygens (including phenoxy) is 2. The van der Waals surface area contributed by atoms with Gasteiger partial charge in [0, 0.05) is 6.92 Å². The highest BCUT2D eigenvalue weighted by molar-refractivity contribution is 6.10. The van der Waals surface area contributed by atoms with Gasteiger partial charge in [-0.05, 0) is 37.0 Å². The van der Waals surface area contributed by atoms with Crippen LogP contribution in [0, 0.1) is 5.92 Å². The summed E-state index contributed by atoms with van der Waals surface area (Å²) >= 11 is 0. The second-order valence-corrected chi connectivity index (χ2v) is 6.43. The molecule has 158 valence electrons. The van der Waals surface area contributed by atoms with Gasteiger partial charge in [0.1, 0.15) is 5.92 Å². The third-order valence-electron chi connectivity index (χ3n) is 4.51. The molecule has 1 N–H and O–H groups in total. The minimum Gasteiger partial charge on any atom is -0.464 e. The Labute approximate surface area is 166 Å². The fraction of sp³-hybridized carbons (Fsp3) is 0.450. The van der Waals surface area contributed by atoms with Crippen LogP contribution in [0.5, 0.6) is 0 Å². The van der Waals surface area contributed by atoms with Crippen LogP contribution in [-0.4, -0.2) is 42.8 Å². The molecule has 29 heavy (non-hydrogen) atoms. The molecule has 6 nitrogen and oxygen atoms in total. The lowest BCUT2D eigenvalue weighted by Crippen LogP contribution is -2.68. The number of amides is 1. The van der Waals surface area contributed by atoms with Crippen LogP contribution in [0.15, 0.2) is 30.3 Å². The fourth-order valence-electron chi connectivity index (χ4n) is 3.50. The van der Waals surface area contributed by atoms with Crippen molar-refractivity contribution in [2.45, 2.75) is 38.9 Å². The zero-order chi connectivity index (χ0) is 21.8. The molecule has 0 aliphatic heterocycles. The second-order valence-electron chi connectivity index (χ2n) is 6.43. The summed E-state index contributed by atoms with van der Waals surface area (Å²) in [5, 5.41) is 1.93. The maximum absolute atomic E-state index is 14.4. The van der Waals surface area contributed by atoms with Gasteiger partial charge in [-0.3, -0.25) is 4.79 Å². The van der Waals surface area contributed by atoms with Gasteiger partial charge in [0.05, 0.1) is 13.2 Å². The molecule has 1 amide bonds. The van der Waals surface area contributed by atoms with Crippen molar-refractivity contribution in [3.63, 3.8) is 0 Å². The summed E-state index contributed by atoms with van der Waals surface area (Å²) in [6, 6.07) is 6.36. The summed E-state index contributed by atoms with van der Waals surface area (Å²) in [6.07, 6.45) is -3.58. The third kappa shape index (κ3) is 4.28. The van der Waals surface area contributed by atoms with Crippen LogP contribution in [0.1, 0.15) is 31.9 Å². The molecule has 1 aromatic rings. The number of esters is 2. The van der Waals surface area contributed by atoms with Gasteiger partial charge in [0.15, 0.2) is 0 Å². The van der Waals surface area contributed by atoms with Gasteiger partial charge < -0.3 is 14.8 Å². The Morgan fingerprint density at radius 1 is 1.07 bits per heavy atom. The number of allylic oxidation sites excluding steroid dienone is 1. The third-order valence-corrected chi connectivity index (χ3v) is 4.51. The lowest BCUT2D eigenvalue weighted by atomic mass is 9.76. The number of fused-ring (bicyclic) bond motifs is 1. The lowest BCUT2D eigenvalue weighted by molar-refractivity contribution is -0.202. The molecular weight excluding hydrogens is 391 g/mol. The molecule has 0 spiro atoms. The molecule has 9 heteroatoms. The van der Waals surface area contributed by atoms with Crippen molar-refractivity contribution >= 4 is 23.4 Å². The van der Waals surface area contributed by atoms with Gasteiger partial charge in [-0.2, -0.15) is 13.2 Å². The number of benzene rings is 1. The molecule has 0 bridgehead atoms. The number of rotatable bonds is 7. The minimum atomic E-state index is -5.08. The summed E-state index contributed by atoms with van der Waals surface area (Å²) in [5.41, 5.74) is -2.54. The smallest absolute Gasteiger partial charge is 0.399 e. The molecule has 0 saturated heterocycles. The van der Waals surface area contributed by atoms with Crippen molar-refractivity contribution in [1.29, 1.82) is 0 Å². The summed E-state index contributed by atoms with van der Waals surface area (Å²) in [4.78, 5) is 37.5. The van der Waals surface area contributed by atoms with E-state index in [1.54, 1.807) is 18.2 Å². The van der Waals surface area contributed by atoms with E-state index in [2.05, 4.69) is 0 Å². The molecule has 1 aliphatic carbocycles. The minimum absolute atomic E-state index is 0.194. The van der Waals surface area contributed by atoms with E-state index in [0.717, 1.165) is 6.92 Å². The summed E-state index contributed by atoms with van der Waals surface area (Å²) < 4.78 is 52.9. The van der Waals surface area contributed by atoms with E-state index >= 15 is 0 Å². The molecule has 1 aromatic carbocycles. The number of halogens is 3. The number of nitrogens with one attached hydrogen (secondary N) is 1. The van der Waals surface area contributed by atoms with E-state index in [1.807, 2.05) is 5.32 Å². The summed E-state index contributed by atoms with van der Waals surface area (Å²) in [5.74, 6) is -6.75. The Kier molecular flexibility index (Phi) is 6.71. The Balaban J connectivity index is 2.79. The molecule has 2 rings (SSSR count). The van der Waals surface area contributed by atoms with E-state index in [9.17, 15) is 27.6 Å². The molecule has 0 radical (unpaired) electrons. The quantitative estimate of drug-likeness (QED) is 0.549. The largest absolute Gasteiger partial charge is 0.464 e. The van der Waals surface area contributed by atoms with Crippen LogP contribution in [0.25, 0.3) is 5.57 Å².